The number of hydrogen-bond acceptors (Lipinski definition) is 5. The zero-order valence-electron chi connectivity index (χ0n) is 15.0. The second-order valence-electron chi connectivity index (χ2n) is 5.85. The highest BCUT2D eigenvalue weighted by Crippen LogP contribution is 2.32. The maximum absolute atomic E-state index is 12.6. The van der Waals surface area contributed by atoms with Gasteiger partial charge in [-0.1, -0.05) is 40.9 Å². The predicted molar refractivity (Wildman–Crippen MR) is 110 cm³/mol. The molecular weight excluding hydrogens is 441 g/mol. The molecule has 7 nitrogen and oxygen atoms in total. The molecule has 1 N–H and O–H groups in total. The van der Waals surface area contributed by atoms with E-state index in [0.29, 0.717) is 28.0 Å². The van der Waals surface area contributed by atoms with E-state index in [9.17, 15) is 14.7 Å². The highest BCUT2D eigenvalue weighted by Gasteiger charge is 2.23. The first-order valence-electron chi connectivity index (χ1n) is 8.37. The van der Waals surface area contributed by atoms with Gasteiger partial charge < -0.3 is 14.4 Å². The Hall–Kier alpha value is -2.61. The molecule has 0 unspecified atom stereocenters. The van der Waals surface area contributed by atoms with Gasteiger partial charge in [-0.3, -0.25) is 4.79 Å². The van der Waals surface area contributed by atoms with Crippen molar-refractivity contribution in [1.82, 2.24) is 14.5 Å². The molecule has 10 heteroatoms. The monoisotopic (exact) mass is 453 g/mol. The van der Waals surface area contributed by atoms with Crippen molar-refractivity contribution in [2.75, 3.05) is 0 Å². The Morgan fingerprint density at radius 1 is 1.14 bits per heavy atom. The van der Waals surface area contributed by atoms with Crippen LogP contribution in [0.4, 0.5) is 0 Å². The molecule has 0 aliphatic rings. The Kier molecular flexibility index (Phi) is 6.42. The smallest absolute Gasteiger partial charge is 0.341 e. The lowest BCUT2D eigenvalue weighted by Gasteiger charge is -2.19. The van der Waals surface area contributed by atoms with Gasteiger partial charge in [0.15, 0.2) is 11.7 Å². The summed E-state index contributed by atoms with van der Waals surface area (Å²) in [5.41, 5.74) is -0.502. The van der Waals surface area contributed by atoms with Gasteiger partial charge in [-0.2, -0.15) is 0 Å². The lowest BCUT2D eigenvalue weighted by molar-refractivity contribution is 0.0695. The van der Waals surface area contributed by atoms with E-state index < -0.39 is 11.4 Å². The second kappa shape index (κ2) is 8.82. The molecule has 3 aromatic rings. The Morgan fingerprint density at radius 3 is 2.41 bits per heavy atom. The van der Waals surface area contributed by atoms with Crippen molar-refractivity contribution in [1.29, 1.82) is 0 Å². The van der Waals surface area contributed by atoms with Crippen LogP contribution in [0, 0.1) is 0 Å². The number of pyridine rings is 1. The summed E-state index contributed by atoms with van der Waals surface area (Å²) in [7, 11) is 0. The molecule has 0 aliphatic heterocycles. The molecule has 0 atom stereocenters. The molecule has 0 saturated heterocycles. The van der Waals surface area contributed by atoms with Gasteiger partial charge in [0.25, 0.3) is 0 Å². The SMILES string of the molecule is CCn1c(OCc2ncc(Cl)cn2)cc(=O)c(C(=O)O)c1-c1ccc(Cl)c(Cl)c1. The molecule has 0 amide bonds. The molecule has 0 aliphatic carbocycles. The lowest BCUT2D eigenvalue weighted by atomic mass is 10.0. The Morgan fingerprint density at radius 2 is 1.83 bits per heavy atom. The molecule has 0 fully saturated rings. The van der Waals surface area contributed by atoms with Gasteiger partial charge in [-0.05, 0) is 19.1 Å². The number of aromatic nitrogens is 3. The van der Waals surface area contributed by atoms with E-state index in [1.165, 1.54) is 24.5 Å². The van der Waals surface area contributed by atoms with Gasteiger partial charge in [0.1, 0.15) is 12.2 Å². The Balaban J connectivity index is 2.14. The fraction of sp³-hybridized carbons (Fsp3) is 0.158. The summed E-state index contributed by atoms with van der Waals surface area (Å²) < 4.78 is 7.30. The van der Waals surface area contributed by atoms with E-state index in [1.807, 2.05) is 0 Å². The first-order chi connectivity index (χ1) is 13.8. The van der Waals surface area contributed by atoms with Gasteiger partial charge in [-0.25, -0.2) is 14.8 Å². The quantitative estimate of drug-likeness (QED) is 0.586. The van der Waals surface area contributed by atoms with Gasteiger partial charge in [-0.15, -0.1) is 0 Å². The number of carbonyl (C=O) groups is 1. The second-order valence-corrected chi connectivity index (χ2v) is 7.11. The molecule has 0 saturated carbocycles. The van der Waals surface area contributed by atoms with Crippen LogP contribution in [0.15, 0.2) is 41.5 Å². The number of ether oxygens (including phenoxy) is 1. The van der Waals surface area contributed by atoms with Crippen molar-refractivity contribution in [3.8, 4) is 17.1 Å². The minimum Gasteiger partial charge on any atom is -0.477 e. The third-order valence-electron chi connectivity index (χ3n) is 4.02. The number of carboxylic acids is 1. The van der Waals surface area contributed by atoms with E-state index in [2.05, 4.69) is 9.97 Å². The summed E-state index contributed by atoms with van der Waals surface area (Å²) in [6, 6.07) is 5.76. The molecule has 1 aromatic carbocycles. The lowest BCUT2D eigenvalue weighted by Crippen LogP contribution is -2.22. The number of nitrogens with zero attached hydrogens (tertiary/aromatic N) is 3. The van der Waals surface area contributed by atoms with Crippen LogP contribution in [-0.4, -0.2) is 25.6 Å². The summed E-state index contributed by atoms with van der Waals surface area (Å²) in [5, 5.41) is 10.6. The maximum Gasteiger partial charge on any atom is 0.341 e. The molecule has 3 rings (SSSR count). The molecule has 0 spiro atoms. The summed E-state index contributed by atoms with van der Waals surface area (Å²) in [5.74, 6) is -0.837. The van der Waals surface area contributed by atoms with E-state index in [-0.39, 0.29) is 28.8 Å². The Bertz CT molecular complexity index is 1130. The number of halogens is 3. The zero-order chi connectivity index (χ0) is 21.1. The molecule has 0 radical (unpaired) electrons. The van der Waals surface area contributed by atoms with Crippen LogP contribution in [0.2, 0.25) is 15.1 Å². The minimum atomic E-state index is -1.36. The minimum absolute atomic E-state index is 0.0379. The van der Waals surface area contributed by atoms with Crippen molar-refractivity contribution < 1.29 is 14.6 Å². The van der Waals surface area contributed by atoms with Crippen LogP contribution in [-0.2, 0) is 13.2 Å². The van der Waals surface area contributed by atoms with Crippen LogP contribution in [0.5, 0.6) is 5.88 Å². The first-order valence-corrected chi connectivity index (χ1v) is 9.51. The molecule has 150 valence electrons. The number of carboxylic acid groups (broad SMARTS) is 1. The number of benzene rings is 1. The Labute approximate surface area is 180 Å². The largest absolute Gasteiger partial charge is 0.477 e. The first kappa shape index (κ1) is 21.1. The predicted octanol–water partition coefficient (Wildman–Crippen LogP) is 4.56. The van der Waals surface area contributed by atoms with Crippen molar-refractivity contribution in [2.45, 2.75) is 20.1 Å². The normalized spacial score (nSPS) is 10.8. The summed E-state index contributed by atoms with van der Waals surface area (Å²) in [6.07, 6.45) is 2.85. The van der Waals surface area contributed by atoms with Crippen molar-refractivity contribution in [3.05, 3.63) is 73.3 Å². The molecule has 2 heterocycles. The van der Waals surface area contributed by atoms with Crippen molar-refractivity contribution >= 4 is 40.8 Å². The zero-order valence-corrected chi connectivity index (χ0v) is 17.3. The molecule has 29 heavy (non-hydrogen) atoms. The van der Waals surface area contributed by atoms with E-state index in [4.69, 9.17) is 39.5 Å². The number of hydrogen-bond donors (Lipinski definition) is 1. The molecular formula is C19H14Cl3N3O4. The number of rotatable bonds is 6. The van der Waals surface area contributed by atoms with Gasteiger partial charge in [0.2, 0.25) is 5.43 Å². The highest BCUT2D eigenvalue weighted by molar-refractivity contribution is 6.42. The third kappa shape index (κ3) is 4.53. The van der Waals surface area contributed by atoms with Gasteiger partial charge in [0.05, 0.1) is 20.8 Å². The van der Waals surface area contributed by atoms with Gasteiger partial charge in [0, 0.05) is 30.6 Å². The molecule has 2 aromatic heterocycles. The fourth-order valence-electron chi connectivity index (χ4n) is 2.76. The molecule has 0 bridgehead atoms. The fourth-order valence-corrected chi connectivity index (χ4v) is 3.16. The van der Waals surface area contributed by atoms with Crippen LogP contribution >= 0.6 is 34.8 Å². The highest BCUT2D eigenvalue weighted by atomic mass is 35.5. The van der Waals surface area contributed by atoms with E-state index in [1.54, 1.807) is 17.6 Å². The average Bonchev–Trinajstić information content (AvgIpc) is 2.68. The van der Waals surface area contributed by atoms with E-state index >= 15 is 0 Å². The van der Waals surface area contributed by atoms with Crippen molar-refractivity contribution in [2.24, 2.45) is 0 Å². The van der Waals surface area contributed by atoms with Crippen LogP contribution < -0.4 is 10.2 Å². The summed E-state index contributed by atoms with van der Waals surface area (Å²) in [6.45, 7) is 2.08. The maximum atomic E-state index is 12.6. The van der Waals surface area contributed by atoms with Crippen molar-refractivity contribution in [3.63, 3.8) is 0 Å². The van der Waals surface area contributed by atoms with Crippen LogP contribution in [0.25, 0.3) is 11.3 Å². The summed E-state index contributed by atoms with van der Waals surface area (Å²) >= 11 is 17.8. The number of aromatic carboxylic acids is 1. The standard InChI is InChI=1S/C19H14Cl3N3O4/c1-2-25-16(29-9-15-23-7-11(20)8-24-15)6-14(26)17(19(27)28)18(25)10-3-4-12(21)13(22)5-10/h3-8H,2,9H2,1H3,(H,27,28). The topological polar surface area (TPSA) is 94.3 Å². The van der Waals surface area contributed by atoms with Crippen LogP contribution in [0.1, 0.15) is 23.1 Å². The summed E-state index contributed by atoms with van der Waals surface area (Å²) in [4.78, 5) is 32.5. The van der Waals surface area contributed by atoms with Crippen LogP contribution in [0.3, 0.4) is 0 Å². The van der Waals surface area contributed by atoms with Gasteiger partial charge >= 0.3 is 5.97 Å². The average molecular weight is 455 g/mol. The third-order valence-corrected chi connectivity index (χ3v) is 4.95. The van der Waals surface area contributed by atoms with E-state index in [0.717, 1.165) is 6.07 Å².